The van der Waals surface area contributed by atoms with Gasteiger partial charge in [0.2, 0.25) is 0 Å². The fourth-order valence-electron chi connectivity index (χ4n) is 5.71. The number of rotatable bonds is 7. The van der Waals surface area contributed by atoms with Gasteiger partial charge >= 0.3 is 0 Å². The molecule has 1 aliphatic heterocycles. The van der Waals surface area contributed by atoms with E-state index in [2.05, 4.69) is 89.9 Å². The summed E-state index contributed by atoms with van der Waals surface area (Å²) in [5, 5.41) is 13.1. The molecular weight excluding hydrogens is 468 g/mol. The highest BCUT2D eigenvalue weighted by Crippen LogP contribution is 2.30. The molecule has 1 saturated heterocycles. The van der Waals surface area contributed by atoms with Crippen LogP contribution in [0.4, 0.5) is 0 Å². The second-order valence-electron chi connectivity index (χ2n) is 10.3. The van der Waals surface area contributed by atoms with Gasteiger partial charge in [-0.1, -0.05) is 78.9 Å². The Kier molecular flexibility index (Phi) is 8.21. The molecule has 1 atom stereocenters. The standard InChI is InChI=1S/C33H36N4O/c1-25(29-17-16-26-10-8-9-15-30(26)22-29)35-24-31(23-34)33(38)37-20-18-36(19-21-37)32(27-11-4-2-5-12-27)28-13-6-3-7-14-28/h2-7,11-14,16-17,22,24-25,32,35H,8-10,15,18-21H2,1H3/b31-24-. The monoisotopic (exact) mass is 504 g/mol. The Morgan fingerprint density at radius 2 is 1.45 bits per heavy atom. The summed E-state index contributed by atoms with van der Waals surface area (Å²) in [6.45, 7) is 4.76. The molecule has 2 aliphatic rings. The Labute approximate surface area is 226 Å². The maximum absolute atomic E-state index is 13.3. The predicted molar refractivity (Wildman–Crippen MR) is 151 cm³/mol. The number of carbonyl (C=O) groups is 1. The molecule has 5 rings (SSSR count). The number of hydrogen-bond donors (Lipinski definition) is 1. The first kappa shape index (κ1) is 25.8. The number of hydrogen-bond acceptors (Lipinski definition) is 4. The smallest absolute Gasteiger partial charge is 0.266 e. The van der Waals surface area contributed by atoms with E-state index >= 15 is 0 Å². The number of nitriles is 1. The lowest BCUT2D eigenvalue weighted by atomic mass is 9.89. The van der Waals surface area contributed by atoms with Crippen molar-refractivity contribution in [3.05, 3.63) is 118 Å². The van der Waals surface area contributed by atoms with Crippen LogP contribution < -0.4 is 5.32 Å². The highest BCUT2D eigenvalue weighted by molar-refractivity contribution is 5.97. The van der Waals surface area contributed by atoms with Crippen molar-refractivity contribution in [3.63, 3.8) is 0 Å². The summed E-state index contributed by atoms with van der Waals surface area (Å²) in [5.74, 6) is -0.201. The average Bonchev–Trinajstić information content (AvgIpc) is 2.98. The highest BCUT2D eigenvalue weighted by atomic mass is 16.2. The molecule has 194 valence electrons. The van der Waals surface area contributed by atoms with Crippen LogP contribution in [-0.2, 0) is 17.6 Å². The van der Waals surface area contributed by atoms with Crippen LogP contribution in [-0.4, -0.2) is 41.9 Å². The minimum atomic E-state index is -0.201. The number of fused-ring (bicyclic) bond motifs is 1. The molecule has 0 aromatic heterocycles. The lowest BCUT2D eigenvalue weighted by Gasteiger charge is -2.39. The van der Waals surface area contributed by atoms with Gasteiger partial charge in [-0.3, -0.25) is 9.69 Å². The van der Waals surface area contributed by atoms with Gasteiger partial charge in [0.05, 0.1) is 6.04 Å². The van der Waals surface area contributed by atoms with E-state index in [9.17, 15) is 10.1 Å². The van der Waals surface area contributed by atoms with Crippen LogP contribution in [0, 0.1) is 11.3 Å². The Hall–Kier alpha value is -3.88. The molecule has 1 N–H and O–H groups in total. The molecule has 38 heavy (non-hydrogen) atoms. The summed E-state index contributed by atoms with van der Waals surface area (Å²) in [6.07, 6.45) is 6.42. The first-order valence-corrected chi connectivity index (χ1v) is 13.8. The fourth-order valence-corrected chi connectivity index (χ4v) is 5.71. The molecule has 1 heterocycles. The number of amides is 1. The van der Waals surface area contributed by atoms with Gasteiger partial charge in [0, 0.05) is 38.4 Å². The van der Waals surface area contributed by atoms with Crippen LogP contribution in [0.5, 0.6) is 0 Å². The van der Waals surface area contributed by atoms with E-state index in [1.807, 2.05) is 17.0 Å². The highest BCUT2D eigenvalue weighted by Gasteiger charge is 2.29. The molecule has 1 amide bonds. The first-order chi connectivity index (χ1) is 18.6. The van der Waals surface area contributed by atoms with E-state index in [1.165, 1.54) is 40.7 Å². The largest absolute Gasteiger partial charge is 0.383 e. The van der Waals surface area contributed by atoms with Crippen molar-refractivity contribution in [2.45, 2.75) is 44.7 Å². The van der Waals surface area contributed by atoms with Crippen LogP contribution in [0.15, 0.2) is 90.6 Å². The summed E-state index contributed by atoms with van der Waals surface area (Å²) in [4.78, 5) is 17.5. The van der Waals surface area contributed by atoms with E-state index < -0.39 is 0 Å². The van der Waals surface area contributed by atoms with Gasteiger partial charge in [-0.15, -0.1) is 0 Å². The molecule has 0 radical (unpaired) electrons. The van der Waals surface area contributed by atoms with E-state index in [1.54, 1.807) is 6.20 Å². The normalized spacial score (nSPS) is 17.0. The van der Waals surface area contributed by atoms with Gasteiger partial charge in [0.1, 0.15) is 11.6 Å². The number of benzene rings is 3. The predicted octanol–water partition coefficient (Wildman–Crippen LogP) is 5.56. The maximum atomic E-state index is 13.3. The van der Waals surface area contributed by atoms with E-state index in [-0.39, 0.29) is 23.6 Å². The number of carbonyl (C=O) groups excluding carboxylic acids is 1. The van der Waals surface area contributed by atoms with Crippen molar-refractivity contribution in [2.75, 3.05) is 26.2 Å². The molecule has 0 bridgehead atoms. The second-order valence-corrected chi connectivity index (χ2v) is 10.3. The van der Waals surface area contributed by atoms with E-state index in [4.69, 9.17) is 0 Å². The zero-order valence-electron chi connectivity index (χ0n) is 22.1. The molecule has 0 spiro atoms. The Morgan fingerprint density at radius 1 is 0.842 bits per heavy atom. The average molecular weight is 505 g/mol. The van der Waals surface area contributed by atoms with Crippen molar-refractivity contribution < 1.29 is 4.79 Å². The summed E-state index contributed by atoms with van der Waals surface area (Å²) >= 11 is 0. The molecule has 5 nitrogen and oxygen atoms in total. The molecular formula is C33H36N4O. The quantitative estimate of drug-likeness (QED) is 0.338. The van der Waals surface area contributed by atoms with Gasteiger partial charge in [0.15, 0.2) is 0 Å². The van der Waals surface area contributed by atoms with E-state index in [0.717, 1.165) is 25.9 Å². The zero-order chi connectivity index (χ0) is 26.3. The topological polar surface area (TPSA) is 59.4 Å². The van der Waals surface area contributed by atoms with Gasteiger partial charge < -0.3 is 10.2 Å². The van der Waals surface area contributed by atoms with Crippen molar-refractivity contribution >= 4 is 5.91 Å². The third-order valence-corrected chi connectivity index (χ3v) is 7.90. The second kappa shape index (κ2) is 12.1. The molecule has 3 aromatic rings. The lowest BCUT2D eigenvalue weighted by molar-refractivity contribution is -0.128. The molecule has 1 aliphatic carbocycles. The number of nitrogens with one attached hydrogen (secondary N) is 1. The van der Waals surface area contributed by atoms with Crippen LogP contribution in [0.1, 0.15) is 59.7 Å². The van der Waals surface area contributed by atoms with Gasteiger partial charge in [0.25, 0.3) is 5.91 Å². The van der Waals surface area contributed by atoms with Gasteiger partial charge in [-0.25, -0.2) is 0 Å². The minimum absolute atomic E-state index is 0.0210. The molecule has 1 fully saturated rings. The Balaban J connectivity index is 1.23. The third kappa shape index (κ3) is 5.82. The molecule has 3 aromatic carbocycles. The van der Waals surface area contributed by atoms with Crippen molar-refractivity contribution in [2.24, 2.45) is 0 Å². The lowest BCUT2D eigenvalue weighted by Crippen LogP contribution is -2.50. The van der Waals surface area contributed by atoms with Crippen LogP contribution in [0.2, 0.25) is 0 Å². The fraction of sp³-hybridized carbons (Fsp3) is 0.333. The number of piperazine rings is 1. The van der Waals surface area contributed by atoms with Gasteiger partial charge in [-0.05, 0) is 60.4 Å². The zero-order valence-corrected chi connectivity index (χ0v) is 22.1. The van der Waals surface area contributed by atoms with Crippen molar-refractivity contribution in [3.8, 4) is 6.07 Å². The summed E-state index contributed by atoms with van der Waals surface area (Å²) in [6, 6.07) is 30.0. The van der Waals surface area contributed by atoms with Crippen molar-refractivity contribution in [1.82, 2.24) is 15.1 Å². The minimum Gasteiger partial charge on any atom is -0.383 e. The first-order valence-electron chi connectivity index (χ1n) is 13.8. The third-order valence-electron chi connectivity index (χ3n) is 7.90. The van der Waals surface area contributed by atoms with Crippen LogP contribution in [0.25, 0.3) is 0 Å². The number of aryl methyl sites for hydroxylation is 2. The van der Waals surface area contributed by atoms with E-state index in [0.29, 0.717) is 13.1 Å². The van der Waals surface area contributed by atoms with Crippen LogP contribution >= 0.6 is 0 Å². The number of nitrogens with zero attached hydrogens (tertiary/aromatic N) is 3. The van der Waals surface area contributed by atoms with Crippen molar-refractivity contribution in [1.29, 1.82) is 5.26 Å². The SMILES string of the molecule is CC(N/C=C(/C#N)C(=O)N1CCN(C(c2ccccc2)c2ccccc2)CC1)c1ccc2c(c1)CCCC2. The van der Waals surface area contributed by atoms with Crippen LogP contribution in [0.3, 0.4) is 0 Å². The summed E-state index contributed by atoms with van der Waals surface area (Å²) in [5.41, 5.74) is 6.73. The molecule has 0 saturated carbocycles. The van der Waals surface area contributed by atoms with Gasteiger partial charge in [-0.2, -0.15) is 5.26 Å². The molecule has 5 heteroatoms. The Bertz CT molecular complexity index is 1260. The maximum Gasteiger partial charge on any atom is 0.266 e. The molecule has 1 unspecified atom stereocenters. The summed E-state index contributed by atoms with van der Waals surface area (Å²) in [7, 11) is 0. The Morgan fingerprint density at radius 3 is 2.05 bits per heavy atom. The summed E-state index contributed by atoms with van der Waals surface area (Å²) < 4.78 is 0.